The summed E-state index contributed by atoms with van der Waals surface area (Å²) in [6, 6.07) is 9.42. The third-order valence-corrected chi connectivity index (χ3v) is 3.22. The number of benzene rings is 1. The van der Waals surface area contributed by atoms with E-state index in [1.807, 2.05) is 30.3 Å². The minimum atomic E-state index is -0.928. The molecule has 0 N–H and O–H groups in total. The van der Waals surface area contributed by atoms with E-state index in [-0.39, 0.29) is 0 Å². The zero-order valence-corrected chi connectivity index (χ0v) is 9.32. The Kier molecular flexibility index (Phi) is 2.84. The number of rotatable bonds is 2. The lowest BCUT2D eigenvalue weighted by Gasteiger charge is -2.01. The zero-order chi connectivity index (χ0) is 11.5. The maximum atomic E-state index is 11.3. The summed E-state index contributed by atoms with van der Waals surface area (Å²) in [5, 5.41) is 9.40. The molecule has 0 radical (unpaired) electrons. The molecular weight excluding hydrogens is 224 g/mol. The van der Waals surface area contributed by atoms with Crippen LogP contribution in [0.1, 0.15) is 10.9 Å². The lowest BCUT2D eigenvalue weighted by Crippen LogP contribution is -2.11. The smallest absolute Gasteiger partial charge is 0.330 e. The van der Waals surface area contributed by atoms with Crippen LogP contribution in [-0.4, -0.2) is 18.1 Å². The number of methoxy groups -OCH3 is 1. The highest BCUT2D eigenvalue weighted by Crippen LogP contribution is 2.27. The summed E-state index contributed by atoms with van der Waals surface area (Å²) in [4.78, 5) is 15.6. The van der Waals surface area contributed by atoms with Crippen LogP contribution in [0.4, 0.5) is 0 Å². The topological polar surface area (TPSA) is 63.0 Å². The zero-order valence-electron chi connectivity index (χ0n) is 8.51. The van der Waals surface area contributed by atoms with Gasteiger partial charge < -0.3 is 4.74 Å². The van der Waals surface area contributed by atoms with E-state index in [0.29, 0.717) is 5.01 Å². The monoisotopic (exact) mass is 232 g/mol. The summed E-state index contributed by atoms with van der Waals surface area (Å²) in [5.41, 5.74) is 0.798. The highest BCUT2D eigenvalue weighted by atomic mass is 32.1. The van der Waals surface area contributed by atoms with E-state index in [1.165, 1.54) is 18.4 Å². The molecule has 2 aromatic rings. The Morgan fingerprint density at radius 3 is 2.94 bits per heavy atom. The normalized spacial score (nSPS) is 12.0. The molecule has 2 rings (SSSR count). The summed E-state index contributed by atoms with van der Waals surface area (Å²) in [5.74, 6) is -1.50. The van der Waals surface area contributed by atoms with E-state index in [1.54, 1.807) is 0 Å². The van der Waals surface area contributed by atoms with Crippen molar-refractivity contribution in [1.29, 1.82) is 5.26 Å². The van der Waals surface area contributed by atoms with E-state index >= 15 is 0 Å². The van der Waals surface area contributed by atoms with Gasteiger partial charge in [-0.2, -0.15) is 5.26 Å². The average molecular weight is 232 g/mol. The van der Waals surface area contributed by atoms with Crippen LogP contribution in [0.25, 0.3) is 10.2 Å². The van der Waals surface area contributed by atoms with Gasteiger partial charge in [0.25, 0.3) is 0 Å². The van der Waals surface area contributed by atoms with Crippen molar-refractivity contribution < 1.29 is 9.53 Å². The molecule has 1 heterocycles. The van der Waals surface area contributed by atoms with Crippen LogP contribution in [0.3, 0.4) is 0 Å². The Balaban J connectivity index is 2.47. The number of aromatic nitrogens is 1. The molecule has 0 fully saturated rings. The molecule has 5 heteroatoms. The predicted molar refractivity (Wildman–Crippen MR) is 60.0 cm³/mol. The number of carbonyl (C=O) groups is 1. The largest absolute Gasteiger partial charge is 0.468 e. The molecule has 1 unspecified atom stereocenters. The van der Waals surface area contributed by atoms with Crippen LogP contribution in [0.5, 0.6) is 0 Å². The SMILES string of the molecule is COC(=O)C(C#N)c1nc2ccccc2s1. The Labute approximate surface area is 96.1 Å². The maximum absolute atomic E-state index is 11.3. The minimum Gasteiger partial charge on any atom is -0.468 e. The molecule has 0 spiro atoms. The van der Waals surface area contributed by atoms with Gasteiger partial charge in [0, 0.05) is 0 Å². The molecular formula is C11H8N2O2S. The van der Waals surface area contributed by atoms with Gasteiger partial charge in [0.2, 0.25) is 0 Å². The fourth-order valence-electron chi connectivity index (χ4n) is 1.34. The van der Waals surface area contributed by atoms with Gasteiger partial charge >= 0.3 is 5.97 Å². The van der Waals surface area contributed by atoms with Crippen molar-refractivity contribution in [1.82, 2.24) is 4.98 Å². The summed E-state index contributed by atoms with van der Waals surface area (Å²) in [7, 11) is 1.26. The summed E-state index contributed by atoms with van der Waals surface area (Å²) >= 11 is 1.34. The molecule has 1 aromatic heterocycles. The van der Waals surface area contributed by atoms with Gasteiger partial charge in [-0.15, -0.1) is 11.3 Å². The third kappa shape index (κ3) is 1.75. The second-order valence-electron chi connectivity index (χ2n) is 3.11. The number of hydrogen-bond donors (Lipinski definition) is 0. The second kappa shape index (κ2) is 4.29. The van der Waals surface area contributed by atoms with Gasteiger partial charge in [0.15, 0.2) is 5.92 Å². The van der Waals surface area contributed by atoms with Gasteiger partial charge in [-0.1, -0.05) is 12.1 Å². The number of nitrogens with zero attached hydrogens (tertiary/aromatic N) is 2. The molecule has 80 valence electrons. The molecule has 0 amide bonds. The Hall–Kier alpha value is -1.93. The first-order valence-corrected chi connectivity index (χ1v) is 5.41. The van der Waals surface area contributed by atoms with Crippen molar-refractivity contribution in [3.63, 3.8) is 0 Å². The fourth-order valence-corrected chi connectivity index (χ4v) is 2.34. The molecule has 16 heavy (non-hydrogen) atoms. The molecule has 0 bridgehead atoms. The van der Waals surface area contributed by atoms with E-state index < -0.39 is 11.9 Å². The number of ether oxygens (including phenoxy) is 1. The van der Waals surface area contributed by atoms with Gasteiger partial charge in [-0.3, -0.25) is 4.79 Å². The van der Waals surface area contributed by atoms with Crippen LogP contribution < -0.4 is 0 Å². The molecule has 4 nitrogen and oxygen atoms in total. The van der Waals surface area contributed by atoms with E-state index in [9.17, 15) is 4.79 Å². The molecule has 0 aliphatic carbocycles. The van der Waals surface area contributed by atoms with Crippen molar-refractivity contribution >= 4 is 27.5 Å². The van der Waals surface area contributed by atoms with Crippen LogP contribution in [0.15, 0.2) is 24.3 Å². The predicted octanol–water partition coefficient (Wildman–Crippen LogP) is 2.08. The lowest BCUT2D eigenvalue weighted by atomic mass is 10.2. The molecule has 0 saturated carbocycles. The molecule has 0 aliphatic heterocycles. The van der Waals surface area contributed by atoms with Crippen molar-refractivity contribution in [2.75, 3.05) is 7.11 Å². The molecule has 1 aromatic carbocycles. The number of hydrogen-bond acceptors (Lipinski definition) is 5. The summed E-state index contributed by atoms with van der Waals surface area (Å²) in [6.07, 6.45) is 0. The highest BCUT2D eigenvalue weighted by molar-refractivity contribution is 7.18. The van der Waals surface area contributed by atoms with Crippen LogP contribution >= 0.6 is 11.3 Å². The third-order valence-electron chi connectivity index (χ3n) is 2.12. The Bertz CT molecular complexity index is 538. The number of para-hydroxylation sites is 1. The van der Waals surface area contributed by atoms with Crippen molar-refractivity contribution in [3.05, 3.63) is 29.3 Å². The minimum absolute atomic E-state index is 0.482. The second-order valence-corrected chi connectivity index (χ2v) is 4.17. The standard InChI is InChI=1S/C11H8N2O2S/c1-15-11(14)7(6-12)10-13-8-4-2-3-5-9(8)16-10/h2-5,7H,1H3. The van der Waals surface area contributed by atoms with Crippen LogP contribution in [0.2, 0.25) is 0 Å². The number of nitriles is 1. The van der Waals surface area contributed by atoms with E-state index in [2.05, 4.69) is 9.72 Å². The Morgan fingerprint density at radius 1 is 1.56 bits per heavy atom. The first kappa shape index (κ1) is 10.6. The number of esters is 1. The first-order chi connectivity index (χ1) is 7.76. The van der Waals surface area contributed by atoms with Crippen LogP contribution in [0, 0.1) is 11.3 Å². The molecule has 0 aliphatic rings. The van der Waals surface area contributed by atoms with E-state index in [0.717, 1.165) is 10.2 Å². The van der Waals surface area contributed by atoms with Crippen LogP contribution in [-0.2, 0) is 9.53 Å². The number of carbonyl (C=O) groups excluding carboxylic acids is 1. The van der Waals surface area contributed by atoms with Gasteiger partial charge in [-0.25, -0.2) is 4.98 Å². The number of fused-ring (bicyclic) bond motifs is 1. The van der Waals surface area contributed by atoms with Gasteiger partial charge in [-0.05, 0) is 12.1 Å². The Morgan fingerprint density at radius 2 is 2.31 bits per heavy atom. The van der Waals surface area contributed by atoms with Crippen molar-refractivity contribution in [2.24, 2.45) is 0 Å². The molecule has 1 atom stereocenters. The maximum Gasteiger partial charge on any atom is 0.330 e. The van der Waals surface area contributed by atoms with Gasteiger partial charge in [0.05, 0.1) is 23.4 Å². The summed E-state index contributed by atoms with van der Waals surface area (Å²) in [6.45, 7) is 0. The van der Waals surface area contributed by atoms with Crippen molar-refractivity contribution in [3.8, 4) is 6.07 Å². The van der Waals surface area contributed by atoms with Gasteiger partial charge in [0.1, 0.15) is 5.01 Å². The number of thiazole rings is 1. The van der Waals surface area contributed by atoms with E-state index in [4.69, 9.17) is 5.26 Å². The summed E-state index contributed by atoms with van der Waals surface area (Å²) < 4.78 is 5.52. The lowest BCUT2D eigenvalue weighted by molar-refractivity contribution is -0.140. The average Bonchev–Trinajstić information content (AvgIpc) is 2.72. The first-order valence-electron chi connectivity index (χ1n) is 4.59. The quantitative estimate of drug-likeness (QED) is 0.743. The molecule has 0 saturated heterocycles. The highest BCUT2D eigenvalue weighted by Gasteiger charge is 2.24. The fraction of sp³-hybridized carbons (Fsp3) is 0.182. The van der Waals surface area contributed by atoms with Crippen molar-refractivity contribution in [2.45, 2.75) is 5.92 Å².